The Morgan fingerprint density at radius 2 is 1.37 bits per heavy atom. The zero-order valence-electron chi connectivity index (χ0n) is 18.9. The molecule has 0 amide bonds. The molecule has 156 valence electrons. The molecular weight excluding hydrogens is 364 g/mol. The van der Waals surface area contributed by atoms with E-state index in [4.69, 9.17) is 0 Å². The van der Waals surface area contributed by atoms with Crippen molar-refractivity contribution >= 4 is 11.4 Å². The third-order valence-corrected chi connectivity index (χ3v) is 6.54. The van der Waals surface area contributed by atoms with Gasteiger partial charge in [-0.05, 0) is 80.0 Å². The highest BCUT2D eigenvalue weighted by Gasteiger charge is 2.20. The van der Waals surface area contributed by atoms with Gasteiger partial charge in [0.15, 0.2) is 0 Å². The van der Waals surface area contributed by atoms with Crippen LogP contribution in [0.3, 0.4) is 0 Å². The molecule has 0 aliphatic heterocycles. The van der Waals surface area contributed by atoms with E-state index in [0.717, 1.165) is 39.0 Å². The Morgan fingerprint density at radius 3 is 2.10 bits per heavy atom. The molecule has 2 nitrogen and oxygen atoms in total. The first kappa shape index (κ1) is 20.5. The summed E-state index contributed by atoms with van der Waals surface area (Å²) < 4.78 is 0. The smallest absolute Gasteiger partial charge is 0.0639 e. The zero-order valence-corrected chi connectivity index (χ0v) is 18.9. The second-order valence-corrected chi connectivity index (χ2v) is 8.13. The fourth-order valence-electron chi connectivity index (χ4n) is 4.95. The zero-order chi connectivity index (χ0) is 21.1. The summed E-state index contributed by atoms with van der Waals surface area (Å²) in [5.41, 5.74) is 11.4. The summed E-state index contributed by atoms with van der Waals surface area (Å²) in [6.07, 6.45) is 2.03. The summed E-state index contributed by atoms with van der Waals surface area (Å²) >= 11 is 0. The maximum atomic E-state index is 2.52. The van der Waals surface area contributed by atoms with Gasteiger partial charge in [0.1, 0.15) is 0 Å². The van der Waals surface area contributed by atoms with Crippen LogP contribution in [-0.2, 0) is 12.8 Å². The number of fused-ring (bicyclic) bond motifs is 3. The van der Waals surface area contributed by atoms with Gasteiger partial charge in [0.25, 0.3) is 0 Å². The van der Waals surface area contributed by atoms with E-state index in [9.17, 15) is 0 Å². The third kappa shape index (κ3) is 3.71. The molecule has 0 spiro atoms. The number of rotatable bonds is 8. The monoisotopic (exact) mass is 398 g/mol. The van der Waals surface area contributed by atoms with Gasteiger partial charge in [0.2, 0.25) is 0 Å². The number of hydrogen-bond acceptors (Lipinski definition) is 2. The van der Waals surface area contributed by atoms with Crippen LogP contribution in [0.15, 0.2) is 60.7 Å². The average molecular weight is 399 g/mol. The lowest BCUT2D eigenvalue weighted by Crippen LogP contribution is -2.29. The Morgan fingerprint density at radius 1 is 0.667 bits per heavy atom. The van der Waals surface area contributed by atoms with Crippen molar-refractivity contribution in [1.82, 2.24) is 0 Å². The van der Waals surface area contributed by atoms with Crippen LogP contribution in [0, 0.1) is 0 Å². The molecule has 1 aliphatic rings. The highest BCUT2D eigenvalue weighted by molar-refractivity contribution is 5.78. The first-order valence-electron chi connectivity index (χ1n) is 11.5. The average Bonchev–Trinajstić information content (AvgIpc) is 3.15. The molecule has 1 aliphatic carbocycles. The van der Waals surface area contributed by atoms with E-state index in [1.807, 2.05) is 0 Å². The van der Waals surface area contributed by atoms with E-state index in [1.165, 1.54) is 44.8 Å². The lowest BCUT2D eigenvalue weighted by molar-refractivity contribution is 0.827. The minimum absolute atomic E-state index is 0.969. The highest BCUT2D eigenvalue weighted by Crippen LogP contribution is 2.39. The molecule has 0 fully saturated rings. The molecule has 0 saturated carbocycles. The van der Waals surface area contributed by atoms with E-state index in [-0.39, 0.29) is 0 Å². The van der Waals surface area contributed by atoms with Crippen LogP contribution in [0.2, 0.25) is 0 Å². The van der Waals surface area contributed by atoms with E-state index < -0.39 is 0 Å². The SMILES string of the molecule is CCN(CC)c1cccc(Cc2ccc3c(c2)-c2ccccc2C3)c1N(CC)CC. The third-order valence-electron chi connectivity index (χ3n) is 6.54. The normalized spacial score (nSPS) is 11.9. The van der Waals surface area contributed by atoms with Crippen molar-refractivity contribution in [3.63, 3.8) is 0 Å². The van der Waals surface area contributed by atoms with Crippen LogP contribution in [0.5, 0.6) is 0 Å². The van der Waals surface area contributed by atoms with E-state index in [2.05, 4.69) is 98.2 Å². The lowest BCUT2D eigenvalue weighted by Gasteiger charge is -2.32. The molecule has 0 unspecified atom stereocenters. The summed E-state index contributed by atoms with van der Waals surface area (Å²) in [4.78, 5) is 5.00. The lowest BCUT2D eigenvalue weighted by atomic mass is 9.97. The molecule has 3 aromatic rings. The van der Waals surface area contributed by atoms with Crippen molar-refractivity contribution in [2.24, 2.45) is 0 Å². The maximum Gasteiger partial charge on any atom is 0.0639 e. The Hall–Kier alpha value is -2.74. The molecule has 2 heteroatoms. The molecule has 3 aromatic carbocycles. The first-order valence-corrected chi connectivity index (χ1v) is 11.5. The molecule has 4 rings (SSSR count). The Labute approximate surface area is 182 Å². The van der Waals surface area contributed by atoms with E-state index >= 15 is 0 Å². The van der Waals surface area contributed by atoms with Gasteiger partial charge in [0, 0.05) is 26.2 Å². The molecule has 0 radical (unpaired) electrons. The summed E-state index contributed by atoms with van der Waals surface area (Å²) in [6.45, 7) is 13.1. The molecule has 0 aromatic heterocycles. The summed E-state index contributed by atoms with van der Waals surface area (Å²) in [5.74, 6) is 0. The van der Waals surface area contributed by atoms with Gasteiger partial charge >= 0.3 is 0 Å². The molecule has 0 saturated heterocycles. The highest BCUT2D eigenvalue weighted by atomic mass is 15.2. The Kier molecular flexibility index (Phi) is 6.13. The number of hydrogen-bond donors (Lipinski definition) is 0. The van der Waals surface area contributed by atoms with Crippen LogP contribution >= 0.6 is 0 Å². The second-order valence-electron chi connectivity index (χ2n) is 8.13. The number of anilines is 2. The minimum atomic E-state index is 0.969. The predicted molar refractivity (Wildman–Crippen MR) is 131 cm³/mol. The van der Waals surface area contributed by atoms with Gasteiger partial charge < -0.3 is 9.80 Å². The number of nitrogens with zero attached hydrogens (tertiary/aromatic N) is 2. The van der Waals surface area contributed by atoms with Gasteiger partial charge in [-0.3, -0.25) is 0 Å². The maximum absolute atomic E-state index is 2.52. The van der Waals surface area contributed by atoms with E-state index in [0.29, 0.717) is 0 Å². The van der Waals surface area contributed by atoms with Crippen molar-refractivity contribution in [2.45, 2.75) is 40.5 Å². The summed E-state index contributed by atoms with van der Waals surface area (Å²) in [5, 5.41) is 0. The molecular formula is C28H34N2. The quantitative estimate of drug-likeness (QED) is 0.332. The Balaban J connectivity index is 1.75. The second kappa shape index (κ2) is 8.95. The number of benzene rings is 3. The molecule has 0 N–H and O–H groups in total. The molecule has 0 heterocycles. The fraction of sp³-hybridized carbons (Fsp3) is 0.357. The van der Waals surface area contributed by atoms with Crippen LogP contribution in [0.1, 0.15) is 49.9 Å². The van der Waals surface area contributed by atoms with Crippen LogP contribution in [0.25, 0.3) is 11.1 Å². The van der Waals surface area contributed by atoms with E-state index in [1.54, 1.807) is 0 Å². The standard InChI is InChI=1S/C28H34N2/c1-5-29(6-2)27-15-11-13-24(28(27)30(7-3)8-4)18-21-16-17-23-20-22-12-9-10-14-25(22)26(23)19-21/h9-17,19H,5-8,18,20H2,1-4H3. The first-order chi connectivity index (χ1) is 14.7. The summed E-state index contributed by atoms with van der Waals surface area (Å²) in [7, 11) is 0. The van der Waals surface area contributed by atoms with Crippen molar-refractivity contribution in [1.29, 1.82) is 0 Å². The van der Waals surface area contributed by atoms with Gasteiger partial charge in [-0.1, -0.05) is 54.6 Å². The van der Waals surface area contributed by atoms with Gasteiger partial charge in [-0.25, -0.2) is 0 Å². The van der Waals surface area contributed by atoms with Crippen molar-refractivity contribution < 1.29 is 0 Å². The van der Waals surface area contributed by atoms with Crippen LogP contribution in [0.4, 0.5) is 11.4 Å². The van der Waals surface area contributed by atoms with Gasteiger partial charge in [-0.15, -0.1) is 0 Å². The van der Waals surface area contributed by atoms with Gasteiger partial charge in [0.05, 0.1) is 11.4 Å². The predicted octanol–water partition coefficient (Wildman–Crippen LogP) is 6.54. The topological polar surface area (TPSA) is 6.48 Å². The van der Waals surface area contributed by atoms with Crippen molar-refractivity contribution in [3.8, 4) is 11.1 Å². The van der Waals surface area contributed by atoms with Crippen LogP contribution < -0.4 is 9.80 Å². The molecule has 0 bridgehead atoms. The minimum Gasteiger partial charge on any atom is -0.370 e. The van der Waals surface area contributed by atoms with Crippen LogP contribution in [-0.4, -0.2) is 26.2 Å². The largest absolute Gasteiger partial charge is 0.370 e. The summed E-state index contributed by atoms with van der Waals surface area (Å²) in [6, 6.07) is 22.8. The molecule has 0 atom stereocenters. The van der Waals surface area contributed by atoms with Crippen molar-refractivity contribution in [2.75, 3.05) is 36.0 Å². The number of para-hydroxylation sites is 1. The van der Waals surface area contributed by atoms with Crippen molar-refractivity contribution in [3.05, 3.63) is 82.9 Å². The Bertz CT molecular complexity index is 1010. The molecule has 30 heavy (non-hydrogen) atoms. The van der Waals surface area contributed by atoms with Gasteiger partial charge in [-0.2, -0.15) is 0 Å². The fourth-order valence-corrected chi connectivity index (χ4v) is 4.95.